The largest absolute Gasteiger partial charge is 0.366 e. The number of rotatable bonds is 2. The van der Waals surface area contributed by atoms with Crippen molar-refractivity contribution >= 4 is 16.6 Å². The fourth-order valence-electron chi connectivity index (χ4n) is 3.30. The highest BCUT2D eigenvalue weighted by Gasteiger charge is 2.36. The number of pyridine rings is 1. The normalized spacial score (nSPS) is 26.9. The second kappa shape index (κ2) is 4.74. The van der Waals surface area contributed by atoms with Crippen molar-refractivity contribution in [2.24, 2.45) is 5.92 Å². The molecule has 1 aliphatic carbocycles. The van der Waals surface area contributed by atoms with Crippen LogP contribution in [-0.2, 0) is 0 Å². The summed E-state index contributed by atoms with van der Waals surface area (Å²) in [5.41, 5.74) is 2.42. The van der Waals surface area contributed by atoms with Crippen molar-refractivity contribution in [2.45, 2.75) is 31.8 Å². The van der Waals surface area contributed by atoms with Crippen LogP contribution in [0.4, 0.5) is 5.69 Å². The van der Waals surface area contributed by atoms with Gasteiger partial charge in [-0.1, -0.05) is 6.07 Å². The Hall–Kier alpha value is -1.61. The molecule has 0 bridgehead atoms. The van der Waals surface area contributed by atoms with Crippen LogP contribution in [0.2, 0.25) is 0 Å². The molecule has 2 heterocycles. The number of anilines is 1. The van der Waals surface area contributed by atoms with Gasteiger partial charge >= 0.3 is 0 Å². The quantitative estimate of drug-likeness (QED) is 0.907. The summed E-state index contributed by atoms with van der Waals surface area (Å²) < 4.78 is 0. The van der Waals surface area contributed by atoms with Gasteiger partial charge in [-0.3, -0.25) is 4.98 Å². The van der Waals surface area contributed by atoms with Crippen LogP contribution in [0.25, 0.3) is 10.9 Å². The first-order chi connectivity index (χ1) is 9.81. The van der Waals surface area contributed by atoms with Crippen molar-refractivity contribution < 1.29 is 0 Å². The second-order valence-electron chi connectivity index (χ2n) is 6.23. The minimum atomic E-state index is 0.555. The van der Waals surface area contributed by atoms with E-state index in [1.807, 2.05) is 12.3 Å². The number of benzene rings is 1. The minimum absolute atomic E-state index is 0.555. The average Bonchev–Trinajstić information content (AvgIpc) is 3.32. The van der Waals surface area contributed by atoms with Crippen molar-refractivity contribution in [1.29, 1.82) is 0 Å². The number of nitrogens with one attached hydrogen (secondary N) is 1. The van der Waals surface area contributed by atoms with E-state index in [2.05, 4.69) is 46.4 Å². The van der Waals surface area contributed by atoms with Gasteiger partial charge in [0, 0.05) is 42.4 Å². The molecule has 0 amide bonds. The van der Waals surface area contributed by atoms with E-state index in [-0.39, 0.29) is 0 Å². The van der Waals surface area contributed by atoms with Crippen LogP contribution in [-0.4, -0.2) is 30.2 Å². The van der Waals surface area contributed by atoms with Gasteiger partial charge in [0.05, 0.1) is 5.52 Å². The van der Waals surface area contributed by atoms with Crippen LogP contribution in [0.1, 0.15) is 19.8 Å². The molecule has 2 aromatic rings. The number of piperazine rings is 1. The first-order valence-electron chi connectivity index (χ1n) is 7.66. The summed E-state index contributed by atoms with van der Waals surface area (Å²) >= 11 is 0. The Morgan fingerprint density at radius 3 is 3.00 bits per heavy atom. The van der Waals surface area contributed by atoms with Gasteiger partial charge in [-0.15, -0.1) is 0 Å². The molecule has 1 saturated heterocycles. The van der Waals surface area contributed by atoms with E-state index in [1.54, 1.807) is 0 Å². The van der Waals surface area contributed by atoms with Crippen LogP contribution in [0.15, 0.2) is 36.5 Å². The van der Waals surface area contributed by atoms with Crippen molar-refractivity contribution in [3.63, 3.8) is 0 Å². The average molecular weight is 267 g/mol. The first kappa shape index (κ1) is 12.2. The summed E-state index contributed by atoms with van der Waals surface area (Å²) in [4.78, 5) is 6.97. The van der Waals surface area contributed by atoms with Crippen LogP contribution in [0.5, 0.6) is 0 Å². The van der Waals surface area contributed by atoms with E-state index < -0.39 is 0 Å². The zero-order chi connectivity index (χ0) is 13.5. The number of aromatic nitrogens is 1. The topological polar surface area (TPSA) is 28.2 Å². The van der Waals surface area contributed by atoms with E-state index in [4.69, 9.17) is 0 Å². The third-order valence-electron chi connectivity index (χ3n) is 4.71. The van der Waals surface area contributed by atoms with E-state index >= 15 is 0 Å². The van der Waals surface area contributed by atoms with Crippen molar-refractivity contribution in [2.75, 3.05) is 18.0 Å². The zero-order valence-electron chi connectivity index (χ0n) is 11.9. The Kier molecular flexibility index (Phi) is 2.88. The summed E-state index contributed by atoms with van der Waals surface area (Å²) in [5.74, 6) is 0.909. The molecule has 1 aromatic carbocycles. The van der Waals surface area contributed by atoms with Crippen molar-refractivity contribution in [3.8, 4) is 0 Å². The molecule has 2 fully saturated rings. The lowest BCUT2D eigenvalue weighted by molar-refractivity contribution is 0.376. The summed E-state index contributed by atoms with van der Waals surface area (Å²) in [7, 11) is 0. The van der Waals surface area contributed by atoms with Gasteiger partial charge in [-0.05, 0) is 49.9 Å². The van der Waals surface area contributed by atoms with Gasteiger partial charge in [0.25, 0.3) is 0 Å². The molecule has 1 aromatic heterocycles. The van der Waals surface area contributed by atoms with Crippen LogP contribution < -0.4 is 10.2 Å². The Labute approximate surface area is 120 Å². The van der Waals surface area contributed by atoms with E-state index in [9.17, 15) is 0 Å². The predicted octanol–water partition coefficient (Wildman–Crippen LogP) is 2.81. The minimum Gasteiger partial charge on any atom is -0.366 e. The maximum Gasteiger partial charge on any atom is 0.0703 e. The van der Waals surface area contributed by atoms with Gasteiger partial charge in [-0.2, -0.15) is 0 Å². The van der Waals surface area contributed by atoms with Crippen LogP contribution >= 0.6 is 0 Å². The maximum absolute atomic E-state index is 4.41. The molecule has 3 nitrogen and oxygen atoms in total. The molecular weight excluding hydrogens is 246 g/mol. The van der Waals surface area contributed by atoms with Gasteiger partial charge in [0.15, 0.2) is 0 Å². The van der Waals surface area contributed by atoms with Crippen molar-refractivity contribution in [3.05, 3.63) is 36.5 Å². The highest BCUT2D eigenvalue weighted by molar-refractivity contribution is 5.82. The molecule has 0 radical (unpaired) electrons. The Morgan fingerprint density at radius 1 is 1.25 bits per heavy atom. The highest BCUT2D eigenvalue weighted by atomic mass is 15.2. The van der Waals surface area contributed by atoms with Crippen LogP contribution in [0.3, 0.4) is 0 Å². The molecule has 2 unspecified atom stereocenters. The third kappa shape index (κ3) is 2.16. The number of hydrogen-bond acceptors (Lipinski definition) is 3. The number of hydrogen-bond donors (Lipinski definition) is 1. The highest BCUT2D eigenvalue weighted by Crippen LogP contribution is 2.35. The Balaban J connectivity index is 1.65. The summed E-state index contributed by atoms with van der Waals surface area (Å²) in [6.45, 7) is 4.54. The Bertz CT molecular complexity index is 620. The summed E-state index contributed by atoms with van der Waals surface area (Å²) in [5, 5.41) is 4.95. The molecule has 1 saturated carbocycles. The van der Waals surface area contributed by atoms with Gasteiger partial charge in [0.1, 0.15) is 0 Å². The van der Waals surface area contributed by atoms with Crippen LogP contribution in [0, 0.1) is 5.92 Å². The molecule has 4 rings (SSSR count). The lowest BCUT2D eigenvalue weighted by atomic mass is 10.0. The fraction of sp³-hybridized carbons (Fsp3) is 0.471. The number of fused-ring (bicyclic) bond motifs is 1. The molecule has 3 heteroatoms. The second-order valence-corrected chi connectivity index (χ2v) is 6.23. The van der Waals surface area contributed by atoms with E-state index in [1.165, 1.54) is 23.9 Å². The fourth-order valence-corrected chi connectivity index (χ4v) is 3.30. The zero-order valence-corrected chi connectivity index (χ0v) is 11.9. The van der Waals surface area contributed by atoms with Crippen molar-refractivity contribution in [1.82, 2.24) is 10.3 Å². The lowest BCUT2D eigenvalue weighted by Gasteiger charge is -2.40. The third-order valence-corrected chi connectivity index (χ3v) is 4.71. The van der Waals surface area contributed by atoms with E-state index in [0.29, 0.717) is 12.1 Å². The number of nitrogens with zero attached hydrogens (tertiary/aromatic N) is 2. The van der Waals surface area contributed by atoms with Gasteiger partial charge in [0.2, 0.25) is 0 Å². The molecule has 0 spiro atoms. The molecule has 2 aliphatic rings. The molecule has 1 N–H and O–H groups in total. The predicted molar refractivity (Wildman–Crippen MR) is 83.1 cm³/mol. The molecule has 2 atom stereocenters. The first-order valence-corrected chi connectivity index (χ1v) is 7.66. The summed E-state index contributed by atoms with van der Waals surface area (Å²) in [6, 6.07) is 12.0. The monoisotopic (exact) mass is 267 g/mol. The smallest absolute Gasteiger partial charge is 0.0703 e. The molecule has 104 valence electrons. The van der Waals surface area contributed by atoms with Gasteiger partial charge in [-0.25, -0.2) is 0 Å². The molecule has 1 aliphatic heterocycles. The molecule has 20 heavy (non-hydrogen) atoms. The lowest BCUT2D eigenvalue weighted by Crippen LogP contribution is -2.56. The standard InChI is InChI=1S/C17H21N3/c1-12-10-19-17(13-4-5-13)11-20(12)15-6-7-16-14(9-15)3-2-8-18-16/h2-3,6-9,12-13,17,19H,4-5,10-11H2,1H3. The van der Waals surface area contributed by atoms with E-state index in [0.717, 1.165) is 24.5 Å². The van der Waals surface area contributed by atoms with Gasteiger partial charge < -0.3 is 10.2 Å². The Morgan fingerprint density at radius 2 is 2.15 bits per heavy atom. The maximum atomic E-state index is 4.41. The summed E-state index contributed by atoms with van der Waals surface area (Å²) in [6.07, 6.45) is 4.67. The molecular formula is C17H21N3. The SMILES string of the molecule is CC1CNC(C2CC2)CN1c1ccc2ncccc2c1.